The van der Waals surface area contributed by atoms with Gasteiger partial charge in [-0.05, 0) is 102 Å². The van der Waals surface area contributed by atoms with Crippen molar-refractivity contribution < 1.29 is 13.6 Å². The molecule has 0 aliphatic heterocycles. The summed E-state index contributed by atoms with van der Waals surface area (Å²) < 4.78 is 11.2. The number of allylic oxidation sites excluding steroid dienone is 5. The van der Waals surface area contributed by atoms with Crippen LogP contribution in [0.4, 0.5) is 0 Å². The van der Waals surface area contributed by atoms with E-state index in [0.717, 1.165) is 25.7 Å². The average Bonchev–Trinajstić information content (AvgIpc) is 2.94. The molecule has 0 aliphatic carbocycles. The van der Waals surface area contributed by atoms with Crippen LogP contribution in [0.1, 0.15) is 122 Å². The summed E-state index contributed by atoms with van der Waals surface area (Å²) in [7, 11) is -3.42. The smallest absolute Gasteiger partial charge is 0.371 e. The molecule has 0 heterocycles. The van der Waals surface area contributed by atoms with Crippen LogP contribution < -0.4 is 0 Å². The van der Waals surface area contributed by atoms with Crippen LogP contribution in [0.2, 0.25) is 39.3 Å². The summed E-state index contributed by atoms with van der Waals surface area (Å²) in [5.41, 5.74) is 0. The lowest BCUT2D eigenvalue weighted by Crippen LogP contribution is -2.30. The van der Waals surface area contributed by atoms with Gasteiger partial charge in [-0.2, -0.15) is 0 Å². The van der Waals surface area contributed by atoms with Gasteiger partial charge >= 0.3 is 5.97 Å². The lowest BCUT2D eigenvalue weighted by Gasteiger charge is -2.20. The van der Waals surface area contributed by atoms with E-state index >= 15 is 0 Å². The Morgan fingerprint density at radius 2 is 1.09 bits per heavy atom. The van der Waals surface area contributed by atoms with Gasteiger partial charge in [0.05, 0.1) is 0 Å². The second-order valence-corrected chi connectivity index (χ2v) is 22.5. The molecular formula is C39H64O3Si2. The zero-order valence-corrected chi connectivity index (χ0v) is 31.3. The molecule has 0 saturated carbocycles. The summed E-state index contributed by atoms with van der Waals surface area (Å²) in [6.07, 6.45) is 41.4. The van der Waals surface area contributed by atoms with E-state index < -0.39 is 22.6 Å². The van der Waals surface area contributed by atoms with E-state index in [4.69, 9.17) is 15.3 Å². The van der Waals surface area contributed by atoms with Gasteiger partial charge in [-0.25, -0.2) is 4.79 Å². The fraction of sp³-hybridized carbons (Fsp3) is 0.667. The minimum absolute atomic E-state index is 0.166. The quantitative estimate of drug-likeness (QED) is 0.0458. The summed E-state index contributed by atoms with van der Waals surface area (Å²) in [5, 5.41) is 0. The Morgan fingerprint density at radius 3 is 1.57 bits per heavy atom. The minimum Gasteiger partial charge on any atom is -0.511 e. The molecule has 1 atom stereocenters. The number of unbranched alkanes of at least 4 members (excludes halogenated alkanes) is 17. The topological polar surface area (TPSA) is 35.5 Å². The Balaban J connectivity index is 3.47. The number of hydrogen-bond donors (Lipinski definition) is 0. The maximum Gasteiger partial charge on any atom is 0.371 e. The predicted molar refractivity (Wildman–Crippen MR) is 197 cm³/mol. The molecule has 0 unspecified atom stereocenters. The molecule has 0 aromatic heterocycles. The second-order valence-electron chi connectivity index (χ2n) is 13.6. The number of carbonyl (C=O) groups excluding carboxylic acids is 1. The SMILES string of the molecule is C#C[C@@H](/C=C/CCCCCCCC#C/C=C\CCCCCCCCCCCC/C=C\C#CC(=O)O[Si](C)(C)C)O[Si](C)(C)C. The van der Waals surface area contributed by atoms with E-state index in [9.17, 15) is 4.79 Å². The zero-order valence-electron chi connectivity index (χ0n) is 29.3. The summed E-state index contributed by atoms with van der Waals surface area (Å²) in [4.78, 5) is 11.5. The summed E-state index contributed by atoms with van der Waals surface area (Å²) in [6.45, 7) is 12.4. The molecule has 0 rings (SSSR count). The highest BCUT2D eigenvalue weighted by atomic mass is 28.4. The molecule has 44 heavy (non-hydrogen) atoms. The van der Waals surface area contributed by atoms with Crippen LogP contribution in [0.5, 0.6) is 0 Å². The first-order valence-electron chi connectivity index (χ1n) is 17.4. The largest absolute Gasteiger partial charge is 0.511 e. The Hall–Kier alpha value is -2.24. The molecule has 0 saturated heterocycles. The third-order valence-electron chi connectivity index (χ3n) is 6.70. The molecule has 0 fully saturated rings. The normalized spacial score (nSPS) is 12.6. The van der Waals surface area contributed by atoms with Crippen molar-refractivity contribution in [1.29, 1.82) is 0 Å². The van der Waals surface area contributed by atoms with Crippen molar-refractivity contribution in [2.45, 2.75) is 167 Å². The molecule has 0 bridgehead atoms. The van der Waals surface area contributed by atoms with E-state index in [1.807, 2.05) is 25.7 Å². The molecule has 3 nitrogen and oxygen atoms in total. The van der Waals surface area contributed by atoms with E-state index in [2.05, 4.69) is 73.5 Å². The van der Waals surface area contributed by atoms with Crippen LogP contribution in [0.15, 0.2) is 36.5 Å². The third kappa shape index (κ3) is 34.3. The van der Waals surface area contributed by atoms with Crippen molar-refractivity contribution in [3.8, 4) is 36.0 Å². The van der Waals surface area contributed by atoms with Crippen molar-refractivity contribution in [3.05, 3.63) is 36.5 Å². The highest BCUT2D eigenvalue weighted by Crippen LogP contribution is 2.13. The van der Waals surface area contributed by atoms with Crippen LogP contribution >= 0.6 is 0 Å². The molecule has 246 valence electrons. The van der Waals surface area contributed by atoms with Gasteiger partial charge in [-0.1, -0.05) is 113 Å². The standard InChI is InChI=1S/C39H64O3Si2/c1-8-38(41-43(2,3)4)36-34-32-30-28-26-24-22-20-18-16-14-12-10-9-11-13-15-17-19-21-23-25-27-29-31-33-35-37-39(40)42-44(5,6)7/h1,12,14,31,33-34,36,38H,9-11,13,15,17,19-30,32H2,2-7H3/b14-12-,33-31-,36-34+/t38-/m0/s1. The molecule has 0 aromatic carbocycles. The summed E-state index contributed by atoms with van der Waals surface area (Å²) in [6, 6.07) is 0. The van der Waals surface area contributed by atoms with Crippen molar-refractivity contribution in [2.75, 3.05) is 0 Å². The summed E-state index contributed by atoms with van der Waals surface area (Å²) >= 11 is 0. The third-order valence-corrected chi connectivity index (χ3v) is 8.46. The average molecular weight is 637 g/mol. The number of rotatable bonds is 24. The Bertz CT molecular complexity index is 981. The van der Waals surface area contributed by atoms with Gasteiger partial charge in [0.25, 0.3) is 0 Å². The van der Waals surface area contributed by atoms with E-state index in [-0.39, 0.29) is 6.10 Å². The van der Waals surface area contributed by atoms with Crippen molar-refractivity contribution in [2.24, 2.45) is 0 Å². The van der Waals surface area contributed by atoms with Gasteiger partial charge in [-0.15, -0.1) is 6.42 Å². The number of hydrogen-bond acceptors (Lipinski definition) is 3. The molecule has 0 aliphatic rings. The molecule has 0 spiro atoms. The zero-order chi connectivity index (χ0) is 32.8. The first-order valence-corrected chi connectivity index (χ1v) is 24.2. The number of carbonyl (C=O) groups is 1. The minimum atomic E-state index is -1.84. The van der Waals surface area contributed by atoms with Crippen LogP contribution in [0.25, 0.3) is 0 Å². The highest BCUT2D eigenvalue weighted by Gasteiger charge is 2.18. The predicted octanol–water partition coefficient (Wildman–Crippen LogP) is 11.3. The van der Waals surface area contributed by atoms with Crippen molar-refractivity contribution in [1.82, 2.24) is 0 Å². The van der Waals surface area contributed by atoms with Gasteiger partial charge in [0, 0.05) is 12.3 Å². The maximum absolute atomic E-state index is 11.5. The highest BCUT2D eigenvalue weighted by molar-refractivity contribution is 6.71. The van der Waals surface area contributed by atoms with Gasteiger partial charge < -0.3 is 8.85 Å². The maximum atomic E-state index is 11.5. The van der Waals surface area contributed by atoms with Gasteiger partial charge in [-0.3, -0.25) is 0 Å². The lowest BCUT2D eigenvalue weighted by atomic mass is 10.0. The van der Waals surface area contributed by atoms with Crippen molar-refractivity contribution in [3.63, 3.8) is 0 Å². The first kappa shape index (κ1) is 41.8. The molecular weight excluding hydrogens is 573 g/mol. The Morgan fingerprint density at radius 1 is 0.636 bits per heavy atom. The molecule has 0 amide bonds. The lowest BCUT2D eigenvalue weighted by molar-refractivity contribution is -0.128. The summed E-state index contributed by atoms with van der Waals surface area (Å²) in [5.74, 6) is 14.2. The van der Waals surface area contributed by atoms with Crippen molar-refractivity contribution >= 4 is 22.6 Å². The Kier molecular flexibility index (Phi) is 26.8. The van der Waals surface area contributed by atoms with Crippen LogP contribution in [-0.2, 0) is 13.6 Å². The fourth-order valence-corrected chi connectivity index (χ4v) is 6.01. The van der Waals surface area contributed by atoms with Gasteiger partial charge in [0.1, 0.15) is 6.10 Å². The van der Waals surface area contributed by atoms with Crippen LogP contribution in [-0.4, -0.2) is 28.7 Å². The molecule has 0 aromatic rings. The first-order chi connectivity index (χ1) is 21.0. The van der Waals surface area contributed by atoms with Gasteiger partial charge in [0.15, 0.2) is 8.32 Å². The van der Waals surface area contributed by atoms with Crippen LogP contribution in [0.3, 0.4) is 0 Å². The molecule has 0 radical (unpaired) electrons. The monoisotopic (exact) mass is 636 g/mol. The molecule has 0 N–H and O–H groups in total. The van der Waals surface area contributed by atoms with Gasteiger partial charge in [0.2, 0.25) is 8.32 Å². The second kappa shape index (κ2) is 28.3. The van der Waals surface area contributed by atoms with E-state index in [1.165, 1.54) is 96.3 Å². The fourth-order valence-electron chi connectivity index (χ4n) is 4.49. The van der Waals surface area contributed by atoms with Crippen LogP contribution in [0, 0.1) is 36.0 Å². The molecule has 5 heteroatoms. The van der Waals surface area contributed by atoms with E-state index in [1.54, 1.807) is 6.08 Å². The Labute approximate surface area is 275 Å². The number of terminal acetylenes is 1. The van der Waals surface area contributed by atoms with E-state index in [0.29, 0.717) is 0 Å².